The van der Waals surface area contributed by atoms with Gasteiger partial charge in [0, 0.05) is 12.7 Å². The molecular formula is C6H8BrNO. The minimum atomic E-state index is 0.0993. The first kappa shape index (κ1) is 6.83. The monoisotopic (exact) mass is 189 g/mol. The summed E-state index contributed by atoms with van der Waals surface area (Å²) in [5, 5.41) is 8.69. The standard InChI is InChI=1S/C6H8BrNO/c1-8-5(4-9)2-3-6(8)7/h2-3,9H,4H2,1H3. The van der Waals surface area contributed by atoms with Crippen molar-refractivity contribution in [3.63, 3.8) is 0 Å². The second-order valence-corrected chi connectivity index (χ2v) is 2.68. The summed E-state index contributed by atoms with van der Waals surface area (Å²) < 4.78 is 2.88. The van der Waals surface area contributed by atoms with Gasteiger partial charge in [-0.15, -0.1) is 0 Å². The van der Waals surface area contributed by atoms with Gasteiger partial charge in [-0.05, 0) is 28.1 Å². The van der Waals surface area contributed by atoms with Gasteiger partial charge in [0.1, 0.15) is 0 Å². The first-order valence-electron chi connectivity index (χ1n) is 2.66. The number of aliphatic hydroxyl groups excluding tert-OH is 1. The van der Waals surface area contributed by atoms with Crippen molar-refractivity contribution in [2.75, 3.05) is 0 Å². The lowest BCUT2D eigenvalue weighted by Gasteiger charge is -1.98. The Morgan fingerprint density at radius 1 is 1.67 bits per heavy atom. The van der Waals surface area contributed by atoms with Gasteiger partial charge in [-0.3, -0.25) is 0 Å². The lowest BCUT2D eigenvalue weighted by Crippen LogP contribution is -1.94. The Bertz CT molecular complexity index is 207. The van der Waals surface area contributed by atoms with Gasteiger partial charge in [0.15, 0.2) is 0 Å². The van der Waals surface area contributed by atoms with Gasteiger partial charge < -0.3 is 9.67 Å². The lowest BCUT2D eigenvalue weighted by atomic mass is 10.5. The summed E-state index contributed by atoms with van der Waals surface area (Å²) in [4.78, 5) is 0. The van der Waals surface area contributed by atoms with E-state index in [0.717, 1.165) is 10.3 Å². The van der Waals surface area contributed by atoms with Crippen LogP contribution in [0.15, 0.2) is 16.7 Å². The molecule has 0 spiro atoms. The van der Waals surface area contributed by atoms with Crippen LogP contribution in [-0.2, 0) is 13.7 Å². The van der Waals surface area contributed by atoms with E-state index in [4.69, 9.17) is 5.11 Å². The van der Waals surface area contributed by atoms with Crippen LogP contribution in [0.3, 0.4) is 0 Å². The van der Waals surface area contributed by atoms with Crippen molar-refractivity contribution in [1.29, 1.82) is 0 Å². The highest BCUT2D eigenvalue weighted by Crippen LogP contribution is 2.12. The van der Waals surface area contributed by atoms with Gasteiger partial charge in [-0.2, -0.15) is 0 Å². The van der Waals surface area contributed by atoms with Crippen molar-refractivity contribution in [2.24, 2.45) is 7.05 Å². The Morgan fingerprint density at radius 2 is 2.33 bits per heavy atom. The summed E-state index contributed by atoms with van der Waals surface area (Å²) in [6, 6.07) is 3.79. The lowest BCUT2D eigenvalue weighted by molar-refractivity contribution is 0.272. The molecule has 0 bridgehead atoms. The zero-order chi connectivity index (χ0) is 6.85. The van der Waals surface area contributed by atoms with E-state index in [9.17, 15) is 0 Å². The average molecular weight is 190 g/mol. The number of aliphatic hydroxyl groups is 1. The van der Waals surface area contributed by atoms with Gasteiger partial charge in [0.2, 0.25) is 0 Å². The van der Waals surface area contributed by atoms with Crippen LogP contribution in [0.5, 0.6) is 0 Å². The van der Waals surface area contributed by atoms with Gasteiger partial charge in [0.25, 0.3) is 0 Å². The zero-order valence-corrected chi connectivity index (χ0v) is 6.72. The highest BCUT2D eigenvalue weighted by molar-refractivity contribution is 9.10. The topological polar surface area (TPSA) is 25.2 Å². The fraction of sp³-hybridized carbons (Fsp3) is 0.333. The Hall–Kier alpha value is -0.280. The predicted molar refractivity (Wildman–Crippen MR) is 39.0 cm³/mol. The molecule has 0 amide bonds. The number of nitrogens with zero attached hydrogens (tertiary/aromatic N) is 1. The van der Waals surface area contributed by atoms with Crippen molar-refractivity contribution in [3.8, 4) is 0 Å². The number of rotatable bonds is 1. The van der Waals surface area contributed by atoms with Crippen molar-refractivity contribution >= 4 is 15.9 Å². The second kappa shape index (κ2) is 2.54. The molecule has 1 N–H and O–H groups in total. The van der Waals surface area contributed by atoms with E-state index >= 15 is 0 Å². The number of halogens is 1. The summed E-state index contributed by atoms with van der Waals surface area (Å²) in [5.74, 6) is 0. The molecule has 0 radical (unpaired) electrons. The van der Waals surface area contributed by atoms with Crippen LogP contribution in [0.2, 0.25) is 0 Å². The summed E-state index contributed by atoms with van der Waals surface area (Å²) >= 11 is 3.31. The molecule has 0 fully saturated rings. The maximum Gasteiger partial charge on any atom is 0.0846 e. The quantitative estimate of drug-likeness (QED) is 0.708. The fourth-order valence-corrected chi connectivity index (χ4v) is 1.04. The second-order valence-electron chi connectivity index (χ2n) is 1.86. The van der Waals surface area contributed by atoms with Crippen LogP contribution < -0.4 is 0 Å². The molecule has 0 aliphatic carbocycles. The molecule has 50 valence electrons. The smallest absolute Gasteiger partial charge is 0.0846 e. The van der Waals surface area contributed by atoms with E-state index in [0.29, 0.717) is 0 Å². The van der Waals surface area contributed by atoms with Crippen LogP contribution in [0.4, 0.5) is 0 Å². The maximum absolute atomic E-state index is 8.69. The largest absolute Gasteiger partial charge is 0.390 e. The van der Waals surface area contributed by atoms with Crippen LogP contribution in [0, 0.1) is 0 Å². The fourth-order valence-electron chi connectivity index (χ4n) is 0.685. The normalized spacial score (nSPS) is 10.1. The van der Waals surface area contributed by atoms with Gasteiger partial charge in [0.05, 0.1) is 11.2 Å². The van der Waals surface area contributed by atoms with E-state index in [1.807, 2.05) is 23.7 Å². The van der Waals surface area contributed by atoms with Crippen LogP contribution >= 0.6 is 15.9 Å². The zero-order valence-electron chi connectivity index (χ0n) is 5.13. The van der Waals surface area contributed by atoms with E-state index in [-0.39, 0.29) is 6.61 Å². The summed E-state index contributed by atoms with van der Waals surface area (Å²) in [6.45, 7) is 0.0993. The number of hydrogen-bond donors (Lipinski definition) is 1. The average Bonchev–Trinajstić information content (AvgIpc) is 2.15. The van der Waals surface area contributed by atoms with E-state index < -0.39 is 0 Å². The van der Waals surface area contributed by atoms with E-state index in [2.05, 4.69) is 15.9 Å². The van der Waals surface area contributed by atoms with Crippen molar-refractivity contribution in [3.05, 3.63) is 22.4 Å². The molecule has 1 heterocycles. The Morgan fingerprint density at radius 3 is 2.56 bits per heavy atom. The number of hydrogen-bond acceptors (Lipinski definition) is 1. The highest BCUT2D eigenvalue weighted by atomic mass is 79.9. The molecule has 0 saturated carbocycles. The van der Waals surface area contributed by atoms with Crippen LogP contribution in [0.25, 0.3) is 0 Å². The molecule has 0 saturated heterocycles. The molecule has 1 aromatic rings. The van der Waals surface area contributed by atoms with Crippen LogP contribution in [0.1, 0.15) is 5.69 Å². The van der Waals surface area contributed by atoms with Crippen molar-refractivity contribution in [2.45, 2.75) is 6.61 Å². The maximum atomic E-state index is 8.69. The molecule has 1 rings (SSSR count). The SMILES string of the molecule is Cn1c(Br)ccc1CO. The minimum Gasteiger partial charge on any atom is -0.390 e. The first-order chi connectivity index (χ1) is 4.25. The van der Waals surface area contributed by atoms with Crippen molar-refractivity contribution < 1.29 is 5.11 Å². The number of aromatic nitrogens is 1. The Kier molecular flexibility index (Phi) is 1.93. The third-order valence-electron chi connectivity index (χ3n) is 1.33. The molecule has 0 unspecified atom stereocenters. The van der Waals surface area contributed by atoms with E-state index in [1.54, 1.807) is 0 Å². The predicted octanol–water partition coefficient (Wildman–Crippen LogP) is 1.28. The van der Waals surface area contributed by atoms with E-state index in [1.165, 1.54) is 0 Å². The Balaban J connectivity index is 3.04. The molecule has 2 nitrogen and oxygen atoms in total. The Labute approximate surface area is 62.2 Å². The summed E-state index contributed by atoms with van der Waals surface area (Å²) in [6.07, 6.45) is 0. The first-order valence-corrected chi connectivity index (χ1v) is 3.46. The molecule has 0 aliphatic rings. The molecule has 9 heavy (non-hydrogen) atoms. The highest BCUT2D eigenvalue weighted by Gasteiger charge is 1.97. The third-order valence-corrected chi connectivity index (χ3v) is 2.12. The van der Waals surface area contributed by atoms with Crippen LogP contribution in [-0.4, -0.2) is 9.67 Å². The molecule has 1 aromatic heterocycles. The molecule has 0 atom stereocenters. The van der Waals surface area contributed by atoms with Gasteiger partial charge in [-0.1, -0.05) is 0 Å². The molecule has 0 aliphatic heterocycles. The third kappa shape index (κ3) is 1.17. The van der Waals surface area contributed by atoms with Gasteiger partial charge in [-0.25, -0.2) is 0 Å². The van der Waals surface area contributed by atoms with Gasteiger partial charge >= 0.3 is 0 Å². The molecular weight excluding hydrogens is 182 g/mol. The minimum absolute atomic E-state index is 0.0993. The molecule has 3 heteroatoms. The molecule has 0 aromatic carbocycles. The summed E-state index contributed by atoms with van der Waals surface area (Å²) in [7, 11) is 1.90. The van der Waals surface area contributed by atoms with Crippen molar-refractivity contribution in [1.82, 2.24) is 4.57 Å². The summed E-state index contributed by atoms with van der Waals surface area (Å²) in [5.41, 5.74) is 0.918.